The highest BCUT2D eigenvalue weighted by molar-refractivity contribution is 6.31. The Morgan fingerprint density at radius 3 is 2.83 bits per heavy atom. The van der Waals surface area contributed by atoms with Crippen molar-refractivity contribution in [2.75, 3.05) is 39.5 Å². The van der Waals surface area contributed by atoms with Crippen LogP contribution in [0, 0.1) is 5.92 Å². The zero-order valence-electron chi connectivity index (χ0n) is 16.5. The third-order valence-electron chi connectivity index (χ3n) is 5.58. The Labute approximate surface area is 176 Å². The van der Waals surface area contributed by atoms with Gasteiger partial charge in [-0.1, -0.05) is 41.9 Å². The van der Waals surface area contributed by atoms with Crippen molar-refractivity contribution in [2.24, 2.45) is 5.92 Å². The van der Waals surface area contributed by atoms with E-state index in [1.807, 2.05) is 48.5 Å². The SMILES string of the molecule is O=C(NCc1cccc(OCCN2CCOCC2)c1)C1CC1c1ccccc1Cl. The number of carbonyl (C=O) groups is 1. The highest BCUT2D eigenvalue weighted by atomic mass is 35.5. The van der Waals surface area contributed by atoms with Gasteiger partial charge < -0.3 is 14.8 Å². The van der Waals surface area contributed by atoms with E-state index in [-0.39, 0.29) is 17.7 Å². The number of rotatable bonds is 8. The van der Waals surface area contributed by atoms with Crippen LogP contribution in [0.5, 0.6) is 5.75 Å². The van der Waals surface area contributed by atoms with Gasteiger partial charge in [-0.3, -0.25) is 9.69 Å². The molecule has 0 bridgehead atoms. The number of morpholine rings is 1. The summed E-state index contributed by atoms with van der Waals surface area (Å²) in [6.45, 7) is 5.58. The van der Waals surface area contributed by atoms with Crippen molar-refractivity contribution < 1.29 is 14.3 Å². The van der Waals surface area contributed by atoms with E-state index in [4.69, 9.17) is 21.1 Å². The lowest BCUT2D eigenvalue weighted by Gasteiger charge is -2.26. The first-order valence-electron chi connectivity index (χ1n) is 10.2. The quantitative estimate of drug-likeness (QED) is 0.718. The minimum atomic E-state index is 0.0165. The summed E-state index contributed by atoms with van der Waals surface area (Å²) in [6, 6.07) is 15.7. The van der Waals surface area contributed by atoms with Gasteiger partial charge >= 0.3 is 0 Å². The fourth-order valence-electron chi connectivity index (χ4n) is 3.79. The van der Waals surface area contributed by atoms with Gasteiger partial charge in [-0.25, -0.2) is 0 Å². The second-order valence-electron chi connectivity index (χ2n) is 7.64. The minimum absolute atomic E-state index is 0.0165. The summed E-state index contributed by atoms with van der Waals surface area (Å²) < 4.78 is 11.3. The average Bonchev–Trinajstić information content (AvgIpc) is 3.54. The number of nitrogens with one attached hydrogen (secondary N) is 1. The molecule has 4 rings (SSSR count). The number of hydrogen-bond acceptors (Lipinski definition) is 4. The Morgan fingerprint density at radius 2 is 2.00 bits per heavy atom. The van der Waals surface area contributed by atoms with Crippen LogP contribution in [0.4, 0.5) is 0 Å². The molecule has 5 nitrogen and oxygen atoms in total. The molecule has 2 aliphatic rings. The van der Waals surface area contributed by atoms with Crippen LogP contribution in [0.15, 0.2) is 48.5 Å². The summed E-state index contributed by atoms with van der Waals surface area (Å²) in [7, 11) is 0. The third-order valence-corrected chi connectivity index (χ3v) is 5.92. The Hall–Kier alpha value is -2.08. The number of benzene rings is 2. The summed E-state index contributed by atoms with van der Waals surface area (Å²) >= 11 is 6.26. The van der Waals surface area contributed by atoms with Crippen molar-refractivity contribution in [3.05, 3.63) is 64.7 Å². The normalized spacial score (nSPS) is 21.6. The van der Waals surface area contributed by atoms with Crippen LogP contribution in [0.25, 0.3) is 0 Å². The summed E-state index contributed by atoms with van der Waals surface area (Å²) in [5.41, 5.74) is 2.11. The highest BCUT2D eigenvalue weighted by Gasteiger charge is 2.44. The van der Waals surface area contributed by atoms with Gasteiger partial charge in [0, 0.05) is 37.1 Å². The van der Waals surface area contributed by atoms with Crippen LogP contribution in [-0.4, -0.2) is 50.3 Å². The molecule has 0 spiro atoms. The van der Waals surface area contributed by atoms with E-state index in [2.05, 4.69) is 10.2 Å². The van der Waals surface area contributed by atoms with E-state index in [9.17, 15) is 4.79 Å². The minimum Gasteiger partial charge on any atom is -0.492 e. The van der Waals surface area contributed by atoms with Gasteiger partial charge in [0.15, 0.2) is 0 Å². The predicted octanol–water partition coefficient (Wildman–Crippen LogP) is 3.47. The molecule has 2 aromatic carbocycles. The zero-order valence-corrected chi connectivity index (χ0v) is 17.2. The van der Waals surface area contributed by atoms with Crippen LogP contribution in [0.1, 0.15) is 23.5 Å². The van der Waals surface area contributed by atoms with Crippen LogP contribution >= 0.6 is 11.6 Å². The maximum Gasteiger partial charge on any atom is 0.224 e. The van der Waals surface area contributed by atoms with Crippen molar-refractivity contribution >= 4 is 17.5 Å². The molecule has 0 aromatic heterocycles. The molecule has 1 heterocycles. The van der Waals surface area contributed by atoms with Crippen LogP contribution in [0.2, 0.25) is 5.02 Å². The van der Waals surface area contributed by atoms with Gasteiger partial charge in [0.2, 0.25) is 5.91 Å². The second-order valence-corrected chi connectivity index (χ2v) is 8.05. The lowest BCUT2D eigenvalue weighted by molar-refractivity contribution is -0.122. The van der Waals surface area contributed by atoms with Gasteiger partial charge in [-0.2, -0.15) is 0 Å². The van der Waals surface area contributed by atoms with Crippen molar-refractivity contribution in [2.45, 2.75) is 18.9 Å². The standard InChI is InChI=1S/C23H27ClN2O3/c24-22-7-2-1-6-19(22)20-15-21(20)23(27)25-16-17-4-3-5-18(14-17)29-13-10-26-8-11-28-12-9-26/h1-7,14,20-21H,8-13,15-16H2,(H,25,27). The molecular weight excluding hydrogens is 388 g/mol. The predicted molar refractivity (Wildman–Crippen MR) is 113 cm³/mol. The molecule has 2 aromatic rings. The van der Waals surface area contributed by atoms with Crippen molar-refractivity contribution in [3.63, 3.8) is 0 Å². The van der Waals surface area contributed by atoms with Crippen LogP contribution in [0.3, 0.4) is 0 Å². The smallest absolute Gasteiger partial charge is 0.224 e. The molecule has 154 valence electrons. The number of halogens is 1. The first-order chi connectivity index (χ1) is 14.2. The number of hydrogen-bond donors (Lipinski definition) is 1. The number of nitrogens with zero attached hydrogens (tertiary/aromatic N) is 1. The summed E-state index contributed by atoms with van der Waals surface area (Å²) in [6.07, 6.45) is 0.861. The Bertz CT molecular complexity index is 838. The lowest BCUT2D eigenvalue weighted by Crippen LogP contribution is -2.38. The molecule has 1 amide bonds. The van der Waals surface area contributed by atoms with E-state index < -0.39 is 0 Å². The van der Waals surface area contributed by atoms with Crippen molar-refractivity contribution in [3.8, 4) is 5.75 Å². The largest absolute Gasteiger partial charge is 0.492 e. The van der Waals surface area contributed by atoms with Crippen LogP contribution < -0.4 is 10.1 Å². The number of ether oxygens (including phenoxy) is 2. The molecule has 1 saturated carbocycles. The molecular formula is C23H27ClN2O3. The fraction of sp³-hybridized carbons (Fsp3) is 0.435. The topological polar surface area (TPSA) is 50.8 Å². The molecule has 1 aliphatic carbocycles. The van der Waals surface area contributed by atoms with Crippen molar-refractivity contribution in [1.82, 2.24) is 10.2 Å². The number of amides is 1. The first-order valence-corrected chi connectivity index (χ1v) is 10.6. The summed E-state index contributed by atoms with van der Waals surface area (Å²) in [5, 5.41) is 3.80. The van der Waals surface area contributed by atoms with E-state index >= 15 is 0 Å². The van der Waals surface area contributed by atoms with Gasteiger partial charge in [0.25, 0.3) is 0 Å². The van der Waals surface area contributed by atoms with Crippen LogP contribution in [-0.2, 0) is 16.1 Å². The molecule has 2 atom stereocenters. The molecule has 1 saturated heterocycles. The first kappa shape index (κ1) is 20.2. The Balaban J connectivity index is 1.22. The summed E-state index contributed by atoms with van der Waals surface area (Å²) in [5.74, 6) is 1.18. The molecule has 1 N–H and O–H groups in total. The van der Waals surface area contributed by atoms with Gasteiger partial charge in [-0.05, 0) is 41.7 Å². The Morgan fingerprint density at radius 1 is 1.17 bits per heavy atom. The maximum absolute atomic E-state index is 12.5. The van der Waals surface area contributed by atoms with E-state index in [1.165, 1.54) is 0 Å². The zero-order chi connectivity index (χ0) is 20.1. The molecule has 6 heteroatoms. The second kappa shape index (κ2) is 9.61. The Kier molecular flexibility index (Phi) is 6.70. The molecule has 1 aliphatic heterocycles. The highest BCUT2D eigenvalue weighted by Crippen LogP contribution is 2.49. The average molecular weight is 415 g/mol. The van der Waals surface area contributed by atoms with E-state index in [0.29, 0.717) is 13.2 Å². The molecule has 29 heavy (non-hydrogen) atoms. The fourth-order valence-corrected chi connectivity index (χ4v) is 4.06. The molecule has 2 unspecified atom stereocenters. The summed E-state index contributed by atoms with van der Waals surface area (Å²) in [4.78, 5) is 14.9. The van der Waals surface area contributed by atoms with Gasteiger partial charge in [0.1, 0.15) is 12.4 Å². The molecule has 0 radical (unpaired) electrons. The van der Waals surface area contributed by atoms with Gasteiger partial charge in [-0.15, -0.1) is 0 Å². The van der Waals surface area contributed by atoms with E-state index in [1.54, 1.807) is 0 Å². The molecule has 2 fully saturated rings. The monoisotopic (exact) mass is 414 g/mol. The number of carbonyl (C=O) groups excluding carboxylic acids is 1. The van der Waals surface area contributed by atoms with Crippen molar-refractivity contribution in [1.29, 1.82) is 0 Å². The third kappa shape index (κ3) is 5.50. The maximum atomic E-state index is 12.5. The van der Waals surface area contributed by atoms with Gasteiger partial charge in [0.05, 0.1) is 13.2 Å². The van der Waals surface area contributed by atoms with E-state index in [0.717, 1.165) is 61.2 Å². The lowest BCUT2D eigenvalue weighted by atomic mass is 10.1.